The van der Waals surface area contributed by atoms with E-state index in [0.717, 1.165) is 52.1 Å². The molecule has 0 bridgehead atoms. The molecule has 2 aliphatic rings. The number of carbonyl (C=O) groups is 2. The first-order valence-electron chi connectivity index (χ1n) is 9.49. The van der Waals surface area contributed by atoms with Crippen molar-refractivity contribution in [1.82, 2.24) is 20.0 Å². The van der Waals surface area contributed by atoms with E-state index in [0.29, 0.717) is 19.0 Å². The van der Waals surface area contributed by atoms with Crippen molar-refractivity contribution < 1.29 is 9.59 Å². The molecule has 138 valence electrons. The highest BCUT2D eigenvalue weighted by molar-refractivity contribution is 5.79. The Bertz CT molecular complexity index is 421. The molecule has 24 heavy (non-hydrogen) atoms. The van der Waals surface area contributed by atoms with Gasteiger partial charge in [-0.25, -0.2) is 0 Å². The average molecular weight is 338 g/mol. The number of amides is 2. The van der Waals surface area contributed by atoms with Gasteiger partial charge in [-0.1, -0.05) is 13.8 Å². The van der Waals surface area contributed by atoms with Gasteiger partial charge in [0.05, 0.1) is 13.1 Å². The lowest BCUT2D eigenvalue weighted by atomic mass is 10.0. The molecular weight excluding hydrogens is 304 g/mol. The van der Waals surface area contributed by atoms with Crippen LogP contribution in [0.15, 0.2) is 0 Å². The van der Waals surface area contributed by atoms with Crippen molar-refractivity contribution in [2.45, 2.75) is 46.1 Å². The van der Waals surface area contributed by atoms with Gasteiger partial charge in [-0.2, -0.15) is 0 Å². The zero-order valence-electron chi connectivity index (χ0n) is 15.6. The topological polar surface area (TPSA) is 55.9 Å². The normalized spacial score (nSPS) is 24.6. The molecule has 1 N–H and O–H groups in total. The van der Waals surface area contributed by atoms with Crippen molar-refractivity contribution in [3.63, 3.8) is 0 Å². The van der Waals surface area contributed by atoms with Gasteiger partial charge in [0.1, 0.15) is 0 Å². The molecule has 2 heterocycles. The van der Waals surface area contributed by atoms with E-state index < -0.39 is 0 Å². The quantitative estimate of drug-likeness (QED) is 0.777. The first-order valence-corrected chi connectivity index (χ1v) is 9.49. The van der Waals surface area contributed by atoms with Gasteiger partial charge < -0.3 is 10.2 Å². The molecule has 2 unspecified atom stereocenters. The fourth-order valence-electron chi connectivity index (χ4n) is 3.44. The van der Waals surface area contributed by atoms with Gasteiger partial charge >= 0.3 is 0 Å². The van der Waals surface area contributed by atoms with E-state index in [1.165, 1.54) is 6.42 Å². The van der Waals surface area contributed by atoms with Gasteiger partial charge in [0.2, 0.25) is 11.8 Å². The largest absolute Gasteiger partial charge is 0.353 e. The minimum absolute atomic E-state index is 0.108. The maximum atomic E-state index is 12.4. The SMILES string of the molecule is CCC(C)NC(=O)CN1CCN(CC(=O)N2CCCC(C)C2)CC1. The second kappa shape index (κ2) is 9.37. The lowest BCUT2D eigenvalue weighted by Crippen LogP contribution is -2.53. The Hall–Kier alpha value is -1.14. The number of piperazine rings is 1. The highest BCUT2D eigenvalue weighted by Gasteiger charge is 2.25. The molecule has 2 atom stereocenters. The predicted octanol–water partition coefficient (Wildman–Crippen LogP) is 0.777. The van der Waals surface area contributed by atoms with E-state index in [-0.39, 0.29) is 17.9 Å². The Morgan fingerprint density at radius 1 is 1.08 bits per heavy atom. The third-order valence-corrected chi connectivity index (χ3v) is 5.22. The predicted molar refractivity (Wildman–Crippen MR) is 95.8 cm³/mol. The number of nitrogens with one attached hydrogen (secondary N) is 1. The van der Waals surface area contributed by atoms with Crippen LogP contribution < -0.4 is 5.32 Å². The van der Waals surface area contributed by atoms with Crippen LogP contribution in [0.1, 0.15) is 40.0 Å². The van der Waals surface area contributed by atoms with Crippen LogP contribution in [0.4, 0.5) is 0 Å². The molecule has 6 heteroatoms. The Kier molecular flexibility index (Phi) is 7.49. The van der Waals surface area contributed by atoms with Crippen molar-refractivity contribution in [2.24, 2.45) is 5.92 Å². The zero-order chi connectivity index (χ0) is 17.5. The summed E-state index contributed by atoms with van der Waals surface area (Å²) in [6.07, 6.45) is 3.32. The number of hydrogen-bond acceptors (Lipinski definition) is 4. The van der Waals surface area contributed by atoms with Crippen LogP contribution in [0.3, 0.4) is 0 Å². The van der Waals surface area contributed by atoms with Crippen molar-refractivity contribution in [2.75, 3.05) is 52.4 Å². The first-order chi connectivity index (χ1) is 11.5. The van der Waals surface area contributed by atoms with Gasteiger partial charge in [-0.3, -0.25) is 19.4 Å². The van der Waals surface area contributed by atoms with E-state index in [2.05, 4.69) is 29.0 Å². The van der Waals surface area contributed by atoms with E-state index in [1.807, 2.05) is 11.8 Å². The van der Waals surface area contributed by atoms with Crippen LogP contribution in [-0.2, 0) is 9.59 Å². The number of nitrogens with zero attached hydrogens (tertiary/aromatic N) is 3. The standard InChI is InChI=1S/C18H34N4O2/c1-4-16(3)19-17(23)13-20-8-10-21(11-9-20)14-18(24)22-7-5-6-15(2)12-22/h15-16H,4-14H2,1-3H3,(H,19,23). The molecule has 6 nitrogen and oxygen atoms in total. The molecule has 0 saturated carbocycles. The van der Waals surface area contributed by atoms with Gasteiger partial charge in [0.25, 0.3) is 0 Å². The van der Waals surface area contributed by atoms with Gasteiger partial charge in [-0.15, -0.1) is 0 Å². The molecule has 0 radical (unpaired) electrons. The summed E-state index contributed by atoms with van der Waals surface area (Å²) in [6.45, 7) is 12.6. The van der Waals surface area contributed by atoms with Crippen LogP contribution in [0.5, 0.6) is 0 Å². The summed E-state index contributed by atoms with van der Waals surface area (Å²) in [5.41, 5.74) is 0. The molecule has 0 aromatic heterocycles. The van der Waals surface area contributed by atoms with Gasteiger partial charge in [0, 0.05) is 45.3 Å². The minimum atomic E-state index is 0.108. The van der Waals surface area contributed by atoms with E-state index in [1.54, 1.807) is 0 Å². The molecule has 2 aliphatic heterocycles. The molecular formula is C18H34N4O2. The fourth-order valence-corrected chi connectivity index (χ4v) is 3.44. The molecule has 2 amide bonds. The Morgan fingerprint density at radius 3 is 2.29 bits per heavy atom. The highest BCUT2D eigenvalue weighted by Crippen LogP contribution is 2.15. The lowest BCUT2D eigenvalue weighted by molar-refractivity contribution is -0.135. The van der Waals surface area contributed by atoms with Gasteiger partial charge in [-0.05, 0) is 32.1 Å². The summed E-state index contributed by atoms with van der Waals surface area (Å²) < 4.78 is 0. The smallest absolute Gasteiger partial charge is 0.236 e. The minimum Gasteiger partial charge on any atom is -0.353 e. The average Bonchev–Trinajstić information content (AvgIpc) is 2.56. The maximum absolute atomic E-state index is 12.4. The highest BCUT2D eigenvalue weighted by atomic mass is 16.2. The van der Waals surface area contributed by atoms with Crippen LogP contribution in [0.25, 0.3) is 0 Å². The summed E-state index contributed by atoms with van der Waals surface area (Å²) in [6, 6.07) is 0.239. The summed E-state index contributed by atoms with van der Waals surface area (Å²) in [7, 11) is 0. The van der Waals surface area contributed by atoms with E-state index in [4.69, 9.17) is 0 Å². The fraction of sp³-hybridized carbons (Fsp3) is 0.889. The summed E-state index contributed by atoms with van der Waals surface area (Å²) in [5, 5.41) is 3.01. The zero-order valence-corrected chi connectivity index (χ0v) is 15.6. The number of rotatable bonds is 6. The molecule has 0 aromatic carbocycles. The van der Waals surface area contributed by atoms with Crippen LogP contribution in [-0.4, -0.2) is 84.9 Å². The third kappa shape index (κ3) is 6.06. The van der Waals surface area contributed by atoms with Gasteiger partial charge in [0.15, 0.2) is 0 Å². The summed E-state index contributed by atoms with van der Waals surface area (Å²) >= 11 is 0. The number of likely N-dealkylation sites (tertiary alicyclic amines) is 1. The molecule has 0 aliphatic carbocycles. The second-order valence-electron chi connectivity index (χ2n) is 7.52. The number of hydrogen-bond donors (Lipinski definition) is 1. The summed E-state index contributed by atoms with van der Waals surface area (Å²) in [4.78, 5) is 30.8. The first kappa shape index (κ1) is 19.2. The Labute approximate surface area is 146 Å². The number of piperidine rings is 1. The molecule has 0 aromatic rings. The lowest BCUT2D eigenvalue weighted by Gasteiger charge is -2.36. The molecule has 2 rings (SSSR count). The van der Waals surface area contributed by atoms with Crippen molar-refractivity contribution >= 4 is 11.8 Å². The van der Waals surface area contributed by atoms with Crippen molar-refractivity contribution in [3.05, 3.63) is 0 Å². The monoisotopic (exact) mass is 338 g/mol. The Balaban J connectivity index is 1.67. The molecule has 2 saturated heterocycles. The second-order valence-corrected chi connectivity index (χ2v) is 7.52. The Morgan fingerprint density at radius 2 is 1.71 bits per heavy atom. The van der Waals surface area contributed by atoms with Crippen molar-refractivity contribution in [3.8, 4) is 0 Å². The third-order valence-electron chi connectivity index (χ3n) is 5.22. The molecule has 0 spiro atoms. The maximum Gasteiger partial charge on any atom is 0.236 e. The summed E-state index contributed by atoms with van der Waals surface area (Å²) in [5.74, 6) is 1.00. The van der Waals surface area contributed by atoms with E-state index >= 15 is 0 Å². The molecule has 2 fully saturated rings. The van der Waals surface area contributed by atoms with Crippen LogP contribution >= 0.6 is 0 Å². The van der Waals surface area contributed by atoms with Crippen LogP contribution in [0, 0.1) is 5.92 Å². The van der Waals surface area contributed by atoms with Crippen molar-refractivity contribution in [1.29, 1.82) is 0 Å². The van der Waals surface area contributed by atoms with Crippen LogP contribution in [0.2, 0.25) is 0 Å². The number of carbonyl (C=O) groups excluding carboxylic acids is 2. The van der Waals surface area contributed by atoms with E-state index in [9.17, 15) is 9.59 Å².